The van der Waals surface area contributed by atoms with E-state index in [9.17, 15) is 4.79 Å². The smallest absolute Gasteiger partial charge is 0.319 e. The van der Waals surface area contributed by atoms with E-state index in [4.69, 9.17) is 4.74 Å². The summed E-state index contributed by atoms with van der Waals surface area (Å²) >= 11 is 0. The summed E-state index contributed by atoms with van der Waals surface area (Å²) in [6, 6.07) is 5.26. The lowest BCUT2D eigenvalue weighted by atomic mass is 9.83. The van der Waals surface area contributed by atoms with Crippen molar-refractivity contribution in [2.24, 2.45) is 5.41 Å². The summed E-state index contributed by atoms with van der Waals surface area (Å²) in [6.07, 6.45) is 5.77. The summed E-state index contributed by atoms with van der Waals surface area (Å²) in [6.45, 7) is 1.43. The van der Waals surface area contributed by atoms with E-state index in [1.165, 1.54) is 12.8 Å². The number of benzene rings is 1. The van der Waals surface area contributed by atoms with E-state index < -0.39 is 0 Å². The number of hydrogen-bond donors (Lipinski definition) is 3. The predicted molar refractivity (Wildman–Crippen MR) is 88.3 cm³/mol. The monoisotopic (exact) mass is 317 g/mol. The number of H-pyrrole nitrogens is 1. The van der Waals surface area contributed by atoms with Gasteiger partial charge < -0.3 is 15.4 Å². The minimum absolute atomic E-state index is 0.184. The molecular weight excluding hydrogens is 294 g/mol. The molecular formula is C16H23N5O2. The van der Waals surface area contributed by atoms with Crippen LogP contribution in [0, 0.1) is 5.41 Å². The number of aromatic nitrogens is 3. The van der Waals surface area contributed by atoms with E-state index in [1.807, 2.05) is 12.1 Å². The summed E-state index contributed by atoms with van der Waals surface area (Å²) < 4.78 is 5.22. The maximum absolute atomic E-state index is 12.2. The normalized spacial score (nSPS) is 16.6. The van der Waals surface area contributed by atoms with Crippen molar-refractivity contribution in [3.63, 3.8) is 0 Å². The van der Waals surface area contributed by atoms with Gasteiger partial charge >= 0.3 is 6.03 Å². The summed E-state index contributed by atoms with van der Waals surface area (Å²) in [7, 11) is 1.73. The van der Waals surface area contributed by atoms with Gasteiger partial charge in [0.15, 0.2) is 0 Å². The quantitative estimate of drug-likeness (QED) is 0.764. The lowest BCUT2D eigenvalue weighted by Gasteiger charge is -2.29. The first-order valence-corrected chi connectivity index (χ1v) is 8.05. The molecule has 1 aromatic heterocycles. The number of ether oxygens (including phenoxy) is 1. The molecule has 23 heavy (non-hydrogen) atoms. The summed E-state index contributed by atoms with van der Waals surface area (Å²) in [5.41, 5.74) is 2.40. The molecule has 1 aromatic carbocycles. The van der Waals surface area contributed by atoms with Gasteiger partial charge in [0.1, 0.15) is 11.0 Å². The third-order valence-electron chi connectivity index (χ3n) is 4.70. The van der Waals surface area contributed by atoms with Crippen LogP contribution in [0.25, 0.3) is 11.0 Å². The maximum Gasteiger partial charge on any atom is 0.319 e. The SMILES string of the molecule is COCCC1(CNC(=O)Nc2ccc3n[nH]nc3c2)CCCC1. The fourth-order valence-corrected chi connectivity index (χ4v) is 3.32. The van der Waals surface area contributed by atoms with Gasteiger partial charge in [-0.1, -0.05) is 12.8 Å². The molecule has 7 nitrogen and oxygen atoms in total. The van der Waals surface area contributed by atoms with Crippen molar-refractivity contribution in [2.75, 3.05) is 25.6 Å². The van der Waals surface area contributed by atoms with Crippen molar-refractivity contribution in [2.45, 2.75) is 32.1 Å². The molecule has 1 aliphatic carbocycles. The van der Waals surface area contributed by atoms with Crippen LogP contribution in [0.4, 0.5) is 10.5 Å². The van der Waals surface area contributed by atoms with E-state index in [-0.39, 0.29) is 11.4 Å². The minimum atomic E-state index is -0.184. The second kappa shape index (κ2) is 6.95. The first kappa shape index (κ1) is 15.7. The van der Waals surface area contributed by atoms with Crippen molar-refractivity contribution in [1.29, 1.82) is 0 Å². The second-order valence-electron chi connectivity index (χ2n) is 6.28. The van der Waals surface area contributed by atoms with Crippen molar-refractivity contribution in [3.05, 3.63) is 18.2 Å². The van der Waals surface area contributed by atoms with Gasteiger partial charge in [-0.3, -0.25) is 0 Å². The molecule has 1 heterocycles. The molecule has 1 fully saturated rings. The number of hydrogen-bond acceptors (Lipinski definition) is 4. The van der Waals surface area contributed by atoms with Crippen LogP contribution in [0.5, 0.6) is 0 Å². The predicted octanol–water partition coefficient (Wildman–Crippen LogP) is 2.68. The zero-order valence-electron chi connectivity index (χ0n) is 13.4. The molecule has 0 aliphatic heterocycles. The Morgan fingerprint density at radius 1 is 1.30 bits per heavy atom. The van der Waals surface area contributed by atoms with Crippen LogP contribution in [0.3, 0.4) is 0 Å². The Labute approximate surface area is 135 Å². The Morgan fingerprint density at radius 2 is 2.09 bits per heavy atom. The summed E-state index contributed by atoms with van der Waals surface area (Å²) in [5, 5.41) is 16.4. The van der Waals surface area contributed by atoms with Crippen LogP contribution in [-0.2, 0) is 4.74 Å². The molecule has 0 saturated heterocycles. The zero-order chi connectivity index (χ0) is 16.1. The van der Waals surface area contributed by atoms with Crippen LogP contribution >= 0.6 is 0 Å². The third-order valence-corrected chi connectivity index (χ3v) is 4.70. The Bertz CT molecular complexity index is 663. The number of fused-ring (bicyclic) bond motifs is 1. The largest absolute Gasteiger partial charge is 0.385 e. The highest BCUT2D eigenvalue weighted by Gasteiger charge is 2.33. The standard InChI is InChI=1S/C16H23N5O2/c1-23-9-8-16(6-2-3-7-16)11-17-15(22)18-12-4-5-13-14(10-12)20-21-19-13/h4-5,10H,2-3,6-9,11H2,1H3,(H2,17,18,22)(H,19,20,21). The van der Waals surface area contributed by atoms with Crippen molar-refractivity contribution in [3.8, 4) is 0 Å². The average Bonchev–Trinajstić information content (AvgIpc) is 3.20. The minimum Gasteiger partial charge on any atom is -0.385 e. The van der Waals surface area contributed by atoms with Crippen LogP contribution in [0.15, 0.2) is 18.2 Å². The lowest BCUT2D eigenvalue weighted by Crippen LogP contribution is -2.39. The number of urea groups is 1. The summed E-state index contributed by atoms with van der Waals surface area (Å²) in [5.74, 6) is 0. The van der Waals surface area contributed by atoms with Crippen LogP contribution in [0.2, 0.25) is 0 Å². The molecule has 0 unspecified atom stereocenters. The van der Waals surface area contributed by atoms with Crippen LogP contribution < -0.4 is 10.6 Å². The lowest BCUT2D eigenvalue weighted by molar-refractivity contribution is 0.136. The Hall–Kier alpha value is -2.15. The van der Waals surface area contributed by atoms with Gasteiger partial charge in [0.25, 0.3) is 0 Å². The first-order valence-electron chi connectivity index (χ1n) is 8.05. The number of anilines is 1. The van der Waals surface area contributed by atoms with Crippen molar-refractivity contribution >= 4 is 22.8 Å². The number of amides is 2. The zero-order valence-corrected chi connectivity index (χ0v) is 13.4. The average molecular weight is 317 g/mol. The van der Waals surface area contributed by atoms with E-state index >= 15 is 0 Å². The highest BCUT2D eigenvalue weighted by atomic mass is 16.5. The molecule has 3 rings (SSSR count). The van der Waals surface area contributed by atoms with Crippen molar-refractivity contribution < 1.29 is 9.53 Å². The Kier molecular flexibility index (Phi) is 4.76. The molecule has 0 spiro atoms. The number of carbonyl (C=O) groups is 1. The Balaban J connectivity index is 1.55. The van der Waals surface area contributed by atoms with E-state index in [2.05, 4.69) is 26.0 Å². The number of nitrogens with one attached hydrogen (secondary N) is 3. The first-order chi connectivity index (χ1) is 11.2. The molecule has 2 amide bonds. The van der Waals surface area contributed by atoms with E-state index in [1.54, 1.807) is 13.2 Å². The molecule has 0 bridgehead atoms. The van der Waals surface area contributed by atoms with Crippen molar-refractivity contribution in [1.82, 2.24) is 20.7 Å². The number of aromatic amines is 1. The molecule has 3 N–H and O–H groups in total. The Morgan fingerprint density at radius 3 is 2.87 bits per heavy atom. The van der Waals surface area contributed by atoms with Gasteiger partial charge in [-0.15, -0.1) is 0 Å². The van der Waals surface area contributed by atoms with Gasteiger partial charge in [0.2, 0.25) is 0 Å². The molecule has 7 heteroatoms. The summed E-state index contributed by atoms with van der Waals surface area (Å²) in [4.78, 5) is 12.2. The number of nitrogens with zero attached hydrogens (tertiary/aromatic N) is 2. The van der Waals surface area contributed by atoms with Gasteiger partial charge in [0, 0.05) is 25.9 Å². The fourth-order valence-electron chi connectivity index (χ4n) is 3.32. The van der Waals surface area contributed by atoms with E-state index in [0.29, 0.717) is 12.2 Å². The fraction of sp³-hybridized carbons (Fsp3) is 0.562. The van der Waals surface area contributed by atoms with Gasteiger partial charge in [-0.25, -0.2) is 4.79 Å². The molecule has 1 saturated carbocycles. The second-order valence-corrected chi connectivity index (χ2v) is 6.28. The number of rotatable bonds is 6. The molecule has 0 radical (unpaired) electrons. The number of methoxy groups -OCH3 is 1. The maximum atomic E-state index is 12.2. The number of carbonyl (C=O) groups excluding carboxylic acids is 1. The topological polar surface area (TPSA) is 91.9 Å². The van der Waals surface area contributed by atoms with Crippen LogP contribution in [-0.4, -0.2) is 41.7 Å². The van der Waals surface area contributed by atoms with Gasteiger partial charge in [-0.2, -0.15) is 15.4 Å². The highest BCUT2D eigenvalue weighted by Crippen LogP contribution is 2.40. The third kappa shape index (κ3) is 3.79. The molecule has 2 aromatic rings. The molecule has 0 atom stereocenters. The molecule has 1 aliphatic rings. The van der Waals surface area contributed by atoms with Gasteiger partial charge in [0.05, 0.1) is 0 Å². The highest BCUT2D eigenvalue weighted by molar-refractivity contribution is 5.91. The molecule has 124 valence electrons. The van der Waals surface area contributed by atoms with Crippen LogP contribution in [0.1, 0.15) is 32.1 Å². The van der Waals surface area contributed by atoms with E-state index in [0.717, 1.165) is 36.9 Å². The van der Waals surface area contributed by atoms with Gasteiger partial charge in [-0.05, 0) is 42.9 Å².